The Morgan fingerprint density at radius 3 is 1.21 bits per heavy atom. The SMILES string of the molecule is FC(F)C(F)(F)C(Cl)COCC(Cl)C(F)(F)C(F)F. The quantitative estimate of drug-likeness (QED) is 0.478. The Morgan fingerprint density at radius 2 is 1.00 bits per heavy atom. The average Bonchev–Trinajstić information content (AvgIpc) is 2.27. The molecule has 0 aliphatic carbocycles. The van der Waals surface area contributed by atoms with Gasteiger partial charge in [0.15, 0.2) is 0 Å². The highest BCUT2D eigenvalue weighted by Gasteiger charge is 2.50. The molecule has 11 heteroatoms. The molecule has 0 saturated heterocycles. The molecule has 0 spiro atoms. The molecule has 1 nitrogen and oxygen atoms in total. The Kier molecular flexibility index (Phi) is 7.11. The number of halogens is 10. The first-order chi connectivity index (χ1) is 8.44. The van der Waals surface area contributed by atoms with Gasteiger partial charge in [0.25, 0.3) is 0 Å². The molecule has 0 fully saturated rings. The number of ether oxygens (including phenoxy) is 1. The second-order valence-electron chi connectivity index (χ2n) is 3.42. The van der Waals surface area contributed by atoms with Crippen molar-refractivity contribution in [3.05, 3.63) is 0 Å². The minimum absolute atomic E-state index is 1.25. The molecule has 0 heterocycles. The molecule has 2 unspecified atom stereocenters. The van der Waals surface area contributed by atoms with Crippen molar-refractivity contribution >= 4 is 23.2 Å². The molecule has 0 aromatic heterocycles. The van der Waals surface area contributed by atoms with Crippen molar-refractivity contribution in [2.75, 3.05) is 13.2 Å². The summed E-state index contributed by atoms with van der Waals surface area (Å²) in [7, 11) is 0. The van der Waals surface area contributed by atoms with Crippen LogP contribution in [0.1, 0.15) is 0 Å². The topological polar surface area (TPSA) is 9.23 Å². The van der Waals surface area contributed by atoms with Gasteiger partial charge in [-0.15, -0.1) is 23.2 Å². The van der Waals surface area contributed by atoms with Gasteiger partial charge >= 0.3 is 24.7 Å². The van der Waals surface area contributed by atoms with Crippen molar-refractivity contribution in [2.24, 2.45) is 0 Å². The third-order valence-electron chi connectivity index (χ3n) is 1.95. The van der Waals surface area contributed by atoms with Crippen molar-refractivity contribution in [1.29, 1.82) is 0 Å². The van der Waals surface area contributed by atoms with Crippen LogP contribution in [0.2, 0.25) is 0 Å². The Morgan fingerprint density at radius 1 is 0.737 bits per heavy atom. The van der Waals surface area contributed by atoms with Gasteiger partial charge in [0.05, 0.1) is 13.2 Å². The van der Waals surface area contributed by atoms with Crippen molar-refractivity contribution < 1.29 is 39.9 Å². The zero-order valence-electron chi connectivity index (χ0n) is 8.91. The molecule has 0 radical (unpaired) electrons. The van der Waals surface area contributed by atoms with E-state index in [2.05, 4.69) is 4.74 Å². The largest absolute Gasteiger partial charge is 0.378 e. The maximum Gasteiger partial charge on any atom is 0.325 e. The zero-order chi connectivity index (χ0) is 15.4. The van der Waals surface area contributed by atoms with Gasteiger partial charge in [-0.1, -0.05) is 0 Å². The zero-order valence-corrected chi connectivity index (χ0v) is 10.4. The first-order valence-electron chi connectivity index (χ1n) is 4.61. The van der Waals surface area contributed by atoms with Crippen LogP contribution in [-0.4, -0.2) is 48.7 Å². The summed E-state index contributed by atoms with van der Waals surface area (Å²) in [5.74, 6) is -9.21. The van der Waals surface area contributed by atoms with Gasteiger partial charge in [-0.3, -0.25) is 0 Å². The second-order valence-corrected chi connectivity index (χ2v) is 4.48. The van der Waals surface area contributed by atoms with Crippen molar-refractivity contribution in [2.45, 2.75) is 35.5 Å². The fraction of sp³-hybridized carbons (Fsp3) is 1.00. The van der Waals surface area contributed by atoms with E-state index < -0.39 is 48.7 Å². The van der Waals surface area contributed by atoms with Gasteiger partial charge in [0.1, 0.15) is 10.8 Å². The molecular weight excluding hydrogens is 335 g/mol. The minimum Gasteiger partial charge on any atom is -0.378 e. The van der Waals surface area contributed by atoms with Crippen LogP contribution in [0.5, 0.6) is 0 Å². The van der Waals surface area contributed by atoms with E-state index in [1.807, 2.05) is 0 Å². The van der Waals surface area contributed by atoms with Gasteiger partial charge < -0.3 is 4.74 Å². The van der Waals surface area contributed by atoms with Crippen molar-refractivity contribution in [1.82, 2.24) is 0 Å². The van der Waals surface area contributed by atoms with Crippen LogP contribution in [0.25, 0.3) is 0 Å². The van der Waals surface area contributed by atoms with E-state index in [1.165, 1.54) is 0 Å². The summed E-state index contributed by atoms with van der Waals surface area (Å²) in [6.45, 7) is -2.50. The third kappa shape index (κ3) is 5.11. The van der Waals surface area contributed by atoms with Crippen LogP contribution in [0, 0.1) is 0 Å². The van der Waals surface area contributed by atoms with E-state index in [4.69, 9.17) is 23.2 Å². The fourth-order valence-corrected chi connectivity index (χ4v) is 1.14. The van der Waals surface area contributed by atoms with Crippen LogP contribution < -0.4 is 0 Å². The molecule has 0 rings (SSSR count). The maximum absolute atomic E-state index is 12.6. The standard InChI is InChI=1S/C8H8Cl2F8O/c9-3(7(15,16)5(11)12)1-19-2-4(10)8(17,18)6(13)14/h3-6H,1-2H2. The predicted molar refractivity (Wildman–Crippen MR) is 52.0 cm³/mol. The summed E-state index contributed by atoms with van der Waals surface area (Å²) >= 11 is 9.79. The Bertz CT molecular complexity index is 249. The van der Waals surface area contributed by atoms with E-state index >= 15 is 0 Å². The van der Waals surface area contributed by atoms with Crippen molar-refractivity contribution in [3.63, 3.8) is 0 Å². The number of hydrogen-bond donors (Lipinski definition) is 0. The molecule has 19 heavy (non-hydrogen) atoms. The second kappa shape index (κ2) is 7.12. The number of alkyl halides is 10. The fourth-order valence-electron chi connectivity index (χ4n) is 0.771. The number of rotatable bonds is 8. The Labute approximate surface area is 112 Å². The average molecular weight is 343 g/mol. The normalized spacial score (nSPS) is 17.1. The summed E-state index contributed by atoms with van der Waals surface area (Å²) in [5, 5.41) is -5.01. The highest BCUT2D eigenvalue weighted by atomic mass is 35.5. The first-order valence-corrected chi connectivity index (χ1v) is 5.49. The lowest BCUT2D eigenvalue weighted by Crippen LogP contribution is -2.42. The molecule has 0 aliphatic heterocycles. The molecule has 0 N–H and O–H groups in total. The highest BCUT2D eigenvalue weighted by molar-refractivity contribution is 6.21. The molecule has 0 saturated carbocycles. The highest BCUT2D eigenvalue weighted by Crippen LogP contribution is 2.32. The van der Waals surface area contributed by atoms with Crippen LogP contribution >= 0.6 is 23.2 Å². The van der Waals surface area contributed by atoms with Gasteiger partial charge in [-0.05, 0) is 0 Å². The summed E-state index contributed by atoms with van der Waals surface area (Å²) in [6.07, 6.45) is -8.15. The monoisotopic (exact) mass is 342 g/mol. The molecular formula is C8H8Cl2F8O. The van der Waals surface area contributed by atoms with Crippen LogP contribution in [0.4, 0.5) is 35.1 Å². The van der Waals surface area contributed by atoms with Crippen molar-refractivity contribution in [3.8, 4) is 0 Å². The van der Waals surface area contributed by atoms with Crippen LogP contribution in [-0.2, 0) is 4.74 Å². The maximum atomic E-state index is 12.6. The molecule has 0 aromatic rings. The smallest absolute Gasteiger partial charge is 0.325 e. The van der Waals surface area contributed by atoms with Crippen LogP contribution in [0.15, 0.2) is 0 Å². The lowest BCUT2D eigenvalue weighted by molar-refractivity contribution is -0.149. The lowest BCUT2D eigenvalue weighted by Gasteiger charge is -2.23. The molecule has 2 atom stereocenters. The lowest BCUT2D eigenvalue weighted by atomic mass is 10.2. The molecule has 0 aliphatic rings. The van der Waals surface area contributed by atoms with E-state index in [0.29, 0.717) is 0 Å². The van der Waals surface area contributed by atoms with Gasteiger partial charge in [-0.2, -0.15) is 17.6 Å². The van der Waals surface area contributed by atoms with E-state index in [9.17, 15) is 35.1 Å². The Balaban J connectivity index is 4.25. The van der Waals surface area contributed by atoms with Gasteiger partial charge in [-0.25, -0.2) is 17.6 Å². The molecule has 0 aromatic carbocycles. The summed E-state index contributed by atoms with van der Waals surface area (Å²) in [6, 6.07) is 0. The van der Waals surface area contributed by atoms with Gasteiger partial charge in [0.2, 0.25) is 0 Å². The van der Waals surface area contributed by atoms with E-state index in [-0.39, 0.29) is 0 Å². The van der Waals surface area contributed by atoms with Gasteiger partial charge in [0, 0.05) is 0 Å². The summed E-state index contributed by atoms with van der Waals surface area (Å²) in [4.78, 5) is 0. The number of hydrogen-bond acceptors (Lipinski definition) is 1. The minimum atomic E-state index is -4.60. The summed E-state index contributed by atoms with van der Waals surface area (Å²) in [5.41, 5.74) is 0. The van der Waals surface area contributed by atoms with E-state index in [0.717, 1.165) is 0 Å². The van der Waals surface area contributed by atoms with Crippen LogP contribution in [0.3, 0.4) is 0 Å². The Hall–Kier alpha value is -0.0200. The first kappa shape index (κ1) is 19.0. The third-order valence-corrected chi connectivity index (χ3v) is 2.78. The van der Waals surface area contributed by atoms with E-state index in [1.54, 1.807) is 0 Å². The molecule has 0 bridgehead atoms. The molecule has 116 valence electrons. The summed E-state index contributed by atoms with van der Waals surface area (Å²) < 4.78 is 102. The predicted octanol–water partition coefficient (Wildman–Crippen LogP) is 4.02. The molecule has 0 amide bonds.